The first-order chi connectivity index (χ1) is 7.27. The molecule has 0 radical (unpaired) electrons. The molecule has 1 aliphatic rings. The fourth-order valence-corrected chi connectivity index (χ4v) is 2.31. The molecule has 1 aliphatic carbocycles. The van der Waals surface area contributed by atoms with Crippen molar-refractivity contribution in [2.24, 2.45) is 4.99 Å². The third-order valence-electron chi connectivity index (χ3n) is 3.07. The first-order valence-electron chi connectivity index (χ1n) is 5.15. The van der Waals surface area contributed by atoms with Crippen LogP contribution in [-0.2, 0) is 10.3 Å². The lowest BCUT2D eigenvalue weighted by Gasteiger charge is -2.22. The molecule has 0 bridgehead atoms. The van der Waals surface area contributed by atoms with E-state index in [0.29, 0.717) is 0 Å². The van der Waals surface area contributed by atoms with Crippen molar-refractivity contribution < 1.29 is 9.90 Å². The zero-order valence-corrected chi connectivity index (χ0v) is 8.44. The summed E-state index contributed by atoms with van der Waals surface area (Å²) in [6.07, 6.45) is 5.54. The van der Waals surface area contributed by atoms with Crippen molar-refractivity contribution in [3.8, 4) is 5.75 Å². The highest BCUT2D eigenvalue weighted by Gasteiger charge is 2.35. The SMILES string of the molecule is O=C=NC1(c2cccc(O)c2)CCCC1. The molecule has 3 nitrogen and oxygen atoms in total. The van der Waals surface area contributed by atoms with Gasteiger partial charge in [-0.25, -0.2) is 4.79 Å². The molecule has 0 amide bonds. The van der Waals surface area contributed by atoms with Crippen molar-refractivity contribution in [2.75, 3.05) is 0 Å². The van der Waals surface area contributed by atoms with Crippen LogP contribution in [0.3, 0.4) is 0 Å². The predicted molar refractivity (Wildman–Crippen MR) is 56.4 cm³/mol. The van der Waals surface area contributed by atoms with Crippen molar-refractivity contribution >= 4 is 6.08 Å². The van der Waals surface area contributed by atoms with E-state index in [4.69, 9.17) is 0 Å². The lowest BCUT2D eigenvalue weighted by molar-refractivity contribution is 0.443. The Kier molecular flexibility index (Phi) is 2.57. The Hall–Kier alpha value is -1.60. The first-order valence-corrected chi connectivity index (χ1v) is 5.15. The highest BCUT2D eigenvalue weighted by atomic mass is 16.3. The average Bonchev–Trinajstić information content (AvgIpc) is 2.68. The molecule has 0 aliphatic heterocycles. The van der Waals surface area contributed by atoms with Crippen LogP contribution in [0, 0.1) is 0 Å². The summed E-state index contributed by atoms with van der Waals surface area (Å²) < 4.78 is 0. The normalized spacial score (nSPS) is 18.4. The molecule has 15 heavy (non-hydrogen) atoms. The summed E-state index contributed by atoms with van der Waals surface area (Å²) in [6.45, 7) is 0. The number of aliphatic imine (C=N–C) groups is 1. The number of carbonyl (C=O) groups excluding carboxylic acids is 1. The molecule has 0 aromatic heterocycles. The molecule has 3 heteroatoms. The van der Waals surface area contributed by atoms with E-state index in [0.717, 1.165) is 31.2 Å². The highest BCUT2D eigenvalue weighted by Crippen LogP contribution is 2.42. The van der Waals surface area contributed by atoms with Gasteiger partial charge in [-0.3, -0.25) is 0 Å². The summed E-state index contributed by atoms with van der Waals surface area (Å²) >= 11 is 0. The van der Waals surface area contributed by atoms with E-state index in [2.05, 4.69) is 4.99 Å². The fourth-order valence-electron chi connectivity index (χ4n) is 2.31. The largest absolute Gasteiger partial charge is 0.508 e. The third-order valence-corrected chi connectivity index (χ3v) is 3.07. The van der Waals surface area contributed by atoms with E-state index in [1.165, 1.54) is 0 Å². The summed E-state index contributed by atoms with van der Waals surface area (Å²) in [4.78, 5) is 14.4. The Morgan fingerprint density at radius 3 is 2.67 bits per heavy atom. The van der Waals surface area contributed by atoms with Gasteiger partial charge >= 0.3 is 0 Å². The second-order valence-corrected chi connectivity index (χ2v) is 3.99. The molecule has 1 aromatic carbocycles. The Bertz CT molecular complexity index is 402. The number of rotatable bonds is 2. The van der Waals surface area contributed by atoms with E-state index in [1.807, 2.05) is 6.07 Å². The van der Waals surface area contributed by atoms with Crippen LogP contribution in [0.15, 0.2) is 29.3 Å². The molecule has 0 unspecified atom stereocenters. The van der Waals surface area contributed by atoms with E-state index in [9.17, 15) is 9.90 Å². The van der Waals surface area contributed by atoms with Crippen LogP contribution in [0.25, 0.3) is 0 Å². The first kappa shape index (κ1) is 9.94. The van der Waals surface area contributed by atoms with E-state index in [-0.39, 0.29) is 5.75 Å². The molecule has 0 saturated heterocycles. The second kappa shape index (κ2) is 3.87. The molecular formula is C12H13NO2. The van der Waals surface area contributed by atoms with Crippen LogP contribution >= 0.6 is 0 Å². The zero-order chi connectivity index (χ0) is 10.7. The Balaban J connectivity index is 2.45. The quantitative estimate of drug-likeness (QED) is 0.593. The number of hydrogen-bond acceptors (Lipinski definition) is 3. The van der Waals surface area contributed by atoms with Crippen LogP contribution in [0.1, 0.15) is 31.2 Å². The molecular weight excluding hydrogens is 190 g/mol. The van der Waals surface area contributed by atoms with Gasteiger partial charge in [-0.05, 0) is 30.5 Å². The number of aromatic hydroxyl groups is 1. The summed E-state index contributed by atoms with van der Waals surface area (Å²) in [6, 6.07) is 7.00. The van der Waals surface area contributed by atoms with Gasteiger partial charge in [0, 0.05) is 0 Å². The summed E-state index contributed by atoms with van der Waals surface area (Å²) in [5.74, 6) is 0.222. The number of benzene rings is 1. The molecule has 78 valence electrons. The van der Waals surface area contributed by atoms with Gasteiger partial charge in [0.1, 0.15) is 5.75 Å². The van der Waals surface area contributed by atoms with Gasteiger partial charge in [0.15, 0.2) is 0 Å². The van der Waals surface area contributed by atoms with Gasteiger partial charge in [-0.15, -0.1) is 0 Å². The number of isocyanates is 1. The minimum Gasteiger partial charge on any atom is -0.508 e. The van der Waals surface area contributed by atoms with Crippen molar-refractivity contribution in [2.45, 2.75) is 31.2 Å². The summed E-state index contributed by atoms with van der Waals surface area (Å²) in [7, 11) is 0. The monoisotopic (exact) mass is 203 g/mol. The maximum Gasteiger partial charge on any atom is 0.235 e. The maximum absolute atomic E-state index is 10.5. The van der Waals surface area contributed by atoms with Crippen LogP contribution in [-0.4, -0.2) is 11.2 Å². The number of nitrogens with zero attached hydrogens (tertiary/aromatic N) is 1. The van der Waals surface area contributed by atoms with Crippen molar-refractivity contribution in [3.63, 3.8) is 0 Å². The fraction of sp³-hybridized carbons (Fsp3) is 0.417. The Labute approximate surface area is 88.5 Å². The van der Waals surface area contributed by atoms with Crippen LogP contribution < -0.4 is 0 Å². The van der Waals surface area contributed by atoms with Gasteiger partial charge < -0.3 is 5.11 Å². The second-order valence-electron chi connectivity index (χ2n) is 3.99. The number of phenolic OH excluding ortho intramolecular Hbond substituents is 1. The van der Waals surface area contributed by atoms with Gasteiger partial charge in [0.25, 0.3) is 0 Å². The molecule has 1 fully saturated rings. The van der Waals surface area contributed by atoms with E-state index in [1.54, 1.807) is 24.3 Å². The minimum atomic E-state index is -0.430. The lowest BCUT2D eigenvalue weighted by Crippen LogP contribution is -2.18. The van der Waals surface area contributed by atoms with Crippen LogP contribution in [0.5, 0.6) is 5.75 Å². The van der Waals surface area contributed by atoms with E-state index < -0.39 is 5.54 Å². The molecule has 1 aromatic rings. The summed E-state index contributed by atoms with van der Waals surface area (Å²) in [5, 5.41) is 9.42. The maximum atomic E-state index is 10.5. The lowest BCUT2D eigenvalue weighted by atomic mass is 9.89. The summed E-state index contributed by atoms with van der Waals surface area (Å²) in [5.41, 5.74) is 0.490. The van der Waals surface area contributed by atoms with Gasteiger partial charge in [0.2, 0.25) is 6.08 Å². The molecule has 1 saturated carbocycles. The standard InChI is InChI=1S/C12H13NO2/c14-9-13-12(6-1-2-7-12)10-4-3-5-11(15)8-10/h3-5,8,15H,1-2,6-7H2. The van der Waals surface area contributed by atoms with Crippen molar-refractivity contribution in [1.82, 2.24) is 0 Å². The van der Waals surface area contributed by atoms with Crippen molar-refractivity contribution in [3.05, 3.63) is 29.8 Å². The molecule has 0 heterocycles. The topological polar surface area (TPSA) is 49.7 Å². The molecule has 0 atom stereocenters. The van der Waals surface area contributed by atoms with Crippen LogP contribution in [0.2, 0.25) is 0 Å². The molecule has 2 rings (SSSR count). The zero-order valence-electron chi connectivity index (χ0n) is 8.44. The Morgan fingerprint density at radius 2 is 2.07 bits per heavy atom. The van der Waals surface area contributed by atoms with Gasteiger partial charge in [-0.1, -0.05) is 25.0 Å². The van der Waals surface area contributed by atoms with Crippen LogP contribution in [0.4, 0.5) is 0 Å². The van der Waals surface area contributed by atoms with Crippen molar-refractivity contribution in [1.29, 1.82) is 0 Å². The van der Waals surface area contributed by atoms with Gasteiger partial charge in [0.05, 0.1) is 5.54 Å². The predicted octanol–water partition coefficient (Wildman–Crippen LogP) is 2.50. The molecule has 1 N–H and O–H groups in total. The Morgan fingerprint density at radius 1 is 1.33 bits per heavy atom. The van der Waals surface area contributed by atoms with Gasteiger partial charge in [-0.2, -0.15) is 4.99 Å². The minimum absolute atomic E-state index is 0.222. The average molecular weight is 203 g/mol. The third kappa shape index (κ3) is 1.79. The molecule has 0 spiro atoms. The van der Waals surface area contributed by atoms with E-state index >= 15 is 0 Å². The number of hydrogen-bond donors (Lipinski definition) is 1. The highest BCUT2D eigenvalue weighted by molar-refractivity contribution is 5.40. The number of phenols is 1. The smallest absolute Gasteiger partial charge is 0.235 e.